The molecule has 1 aromatic carbocycles. The van der Waals surface area contributed by atoms with Gasteiger partial charge in [0, 0.05) is 12.1 Å². The predicted octanol–water partition coefficient (Wildman–Crippen LogP) is 0.662. The third-order valence-corrected chi connectivity index (χ3v) is 4.72. The number of quaternary nitrogens is 1. The van der Waals surface area contributed by atoms with Crippen molar-refractivity contribution in [2.45, 2.75) is 30.4 Å². The molecule has 1 atom stereocenters. The van der Waals surface area contributed by atoms with Gasteiger partial charge in [-0.25, -0.2) is 13.6 Å². The van der Waals surface area contributed by atoms with Crippen LogP contribution in [0.2, 0.25) is 0 Å². The molecule has 0 radical (unpaired) electrons. The molecule has 1 rings (SSSR count). The van der Waals surface area contributed by atoms with E-state index in [1.165, 1.54) is 24.3 Å². The molecule has 0 saturated carbocycles. The monoisotopic (exact) mass is 245 g/mol. The van der Waals surface area contributed by atoms with Crippen molar-refractivity contribution in [3.8, 4) is 0 Å². The zero-order chi connectivity index (χ0) is 12.6. The molecule has 16 heavy (non-hydrogen) atoms. The van der Waals surface area contributed by atoms with Crippen LogP contribution in [0.5, 0.6) is 0 Å². The number of nitrogens with one attached hydrogen (secondary N) is 1. The number of sulfone groups is 1. The highest BCUT2D eigenvalue weighted by Gasteiger charge is 2.30. The predicted molar refractivity (Wildman–Crippen MR) is 59.2 cm³/mol. The maximum Gasteiger partial charge on any atom is 0.183 e. The van der Waals surface area contributed by atoms with Crippen LogP contribution < -0.4 is 5.23 Å². The van der Waals surface area contributed by atoms with E-state index >= 15 is 0 Å². The lowest BCUT2D eigenvalue weighted by atomic mass is 10.3. The van der Waals surface area contributed by atoms with Gasteiger partial charge in [0.15, 0.2) is 15.5 Å². The van der Waals surface area contributed by atoms with E-state index < -0.39 is 19.8 Å². The van der Waals surface area contributed by atoms with E-state index in [4.69, 9.17) is 5.21 Å². The van der Waals surface area contributed by atoms with Crippen molar-refractivity contribution in [1.82, 2.24) is 0 Å². The van der Waals surface area contributed by atoms with Gasteiger partial charge in [0.25, 0.3) is 0 Å². The van der Waals surface area contributed by atoms with Crippen molar-refractivity contribution >= 4 is 15.5 Å². The minimum absolute atomic E-state index is 0.0767. The molecule has 0 spiro atoms. The highest BCUT2D eigenvalue weighted by Crippen LogP contribution is 2.24. The topological polar surface area (TPSA) is 81.9 Å². The van der Waals surface area contributed by atoms with E-state index in [0.717, 1.165) is 0 Å². The van der Waals surface area contributed by atoms with Gasteiger partial charge in [-0.3, -0.25) is 0 Å². The second-order valence-electron chi connectivity index (χ2n) is 4.45. The summed E-state index contributed by atoms with van der Waals surface area (Å²) in [6.07, 6.45) is 0. The lowest BCUT2D eigenvalue weighted by molar-refractivity contribution is -0.991. The van der Waals surface area contributed by atoms with Gasteiger partial charge in [-0.15, -0.1) is 0 Å². The van der Waals surface area contributed by atoms with Gasteiger partial charge in [0.05, 0.1) is 9.64 Å². The fraction of sp³-hybridized carbons (Fsp3) is 0.400. The largest absolute Gasteiger partial charge is 0.595 e. The Labute approximate surface area is 94.8 Å². The van der Waals surface area contributed by atoms with Crippen LogP contribution >= 0.6 is 0 Å². The van der Waals surface area contributed by atoms with Crippen molar-refractivity contribution in [2.24, 2.45) is 0 Å². The van der Waals surface area contributed by atoms with Crippen molar-refractivity contribution in [3.63, 3.8) is 0 Å². The molecular formula is C10H15NO4S. The van der Waals surface area contributed by atoms with E-state index in [9.17, 15) is 13.6 Å². The molecule has 0 aromatic heterocycles. The summed E-state index contributed by atoms with van der Waals surface area (Å²) in [5, 5.41) is 18.2. The van der Waals surface area contributed by atoms with Gasteiger partial charge in [0.2, 0.25) is 0 Å². The van der Waals surface area contributed by atoms with Gasteiger partial charge < -0.3 is 5.21 Å². The van der Waals surface area contributed by atoms with Crippen LogP contribution in [0.1, 0.15) is 20.8 Å². The van der Waals surface area contributed by atoms with E-state index in [1.54, 1.807) is 20.8 Å². The fourth-order valence-corrected chi connectivity index (χ4v) is 2.33. The highest BCUT2D eigenvalue weighted by atomic mass is 32.2. The van der Waals surface area contributed by atoms with E-state index in [2.05, 4.69) is 0 Å². The van der Waals surface area contributed by atoms with Crippen LogP contribution in [0.3, 0.4) is 0 Å². The van der Waals surface area contributed by atoms with Gasteiger partial charge >= 0.3 is 0 Å². The number of rotatable bonds is 2. The molecule has 1 aromatic rings. The first kappa shape index (κ1) is 13.1. The zero-order valence-corrected chi connectivity index (χ0v) is 10.2. The Hall–Kier alpha value is -0.950. The summed E-state index contributed by atoms with van der Waals surface area (Å²) in [6, 6.07) is 5.23. The average Bonchev–Trinajstić information content (AvgIpc) is 2.16. The third kappa shape index (κ3) is 2.41. The molecule has 0 aliphatic rings. The molecule has 0 heterocycles. The molecular weight excluding hydrogens is 230 g/mol. The molecule has 6 heteroatoms. The first-order valence-corrected chi connectivity index (χ1v) is 6.22. The summed E-state index contributed by atoms with van der Waals surface area (Å²) in [5.41, 5.74) is 0.0767. The molecule has 0 aliphatic carbocycles. The molecule has 0 fully saturated rings. The van der Waals surface area contributed by atoms with Crippen LogP contribution in [0.4, 0.5) is 5.69 Å². The van der Waals surface area contributed by atoms with Crippen LogP contribution in [0.15, 0.2) is 29.2 Å². The average molecular weight is 245 g/mol. The van der Waals surface area contributed by atoms with Crippen LogP contribution in [0.25, 0.3) is 0 Å². The first-order chi connectivity index (χ1) is 7.16. The summed E-state index contributed by atoms with van der Waals surface area (Å²) >= 11 is 0. The minimum Gasteiger partial charge on any atom is -0.595 e. The Morgan fingerprint density at radius 1 is 1.19 bits per heavy atom. The number of benzene rings is 1. The minimum atomic E-state index is -3.41. The first-order valence-electron chi connectivity index (χ1n) is 4.74. The van der Waals surface area contributed by atoms with Crippen LogP contribution in [-0.4, -0.2) is 18.4 Å². The van der Waals surface area contributed by atoms with Crippen molar-refractivity contribution < 1.29 is 18.9 Å². The third-order valence-electron chi connectivity index (χ3n) is 2.22. The summed E-state index contributed by atoms with van der Waals surface area (Å²) in [7, 11) is -3.41. The van der Waals surface area contributed by atoms with E-state index in [-0.39, 0.29) is 10.6 Å². The Bertz CT molecular complexity index is 457. The molecule has 5 nitrogen and oxygen atoms in total. The summed E-state index contributed by atoms with van der Waals surface area (Å²) < 4.78 is 23.1. The molecule has 1 unspecified atom stereocenters. The number of hydrogen-bond donors (Lipinski definition) is 2. The Morgan fingerprint density at radius 3 is 1.94 bits per heavy atom. The second kappa shape index (κ2) is 4.14. The van der Waals surface area contributed by atoms with Gasteiger partial charge in [0.1, 0.15) is 0 Å². The Kier molecular flexibility index (Phi) is 3.39. The maximum absolute atomic E-state index is 12.0. The molecule has 2 N–H and O–H groups in total. The molecule has 0 amide bonds. The molecule has 0 aliphatic heterocycles. The summed E-state index contributed by atoms with van der Waals surface area (Å²) in [5.74, 6) is 0. The normalized spacial score (nSPS) is 14.8. The maximum atomic E-state index is 12.0. The molecule has 0 saturated heterocycles. The van der Waals surface area contributed by atoms with Gasteiger partial charge in [-0.05, 0) is 32.9 Å². The Morgan fingerprint density at radius 2 is 1.62 bits per heavy atom. The van der Waals surface area contributed by atoms with Crippen molar-refractivity contribution in [2.75, 3.05) is 0 Å². The zero-order valence-electron chi connectivity index (χ0n) is 9.39. The van der Waals surface area contributed by atoms with E-state index in [1.807, 2.05) is 0 Å². The van der Waals surface area contributed by atoms with Crippen molar-refractivity contribution in [1.29, 1.82) is 0 Å². The standard InChI is InChI=1S/C10H15NO4S/c1-10(2,3)16(14,15)9-6-4-8(5-7-9)11(12)13/h4-7,11-12H,1-3H3. The fourth-order valence-electron chi connectivity index (χ4n) is 1.13. The smallest absolute Gasteiger partial charge is 0.183 e. The molecule has 0 bridgehead atoms. The van der Waals surface area contributed by atoms with E-state index in [0.29, 0.717) is 0 Å². The van der Waals surface area contributed by atoms with Gasteiger partial charge in [-0.2, -0.15) is 5.23 Å². The quantitative estimate of drug-likeness (QED) is 0.750. The SMILES string of the molecule is CC(C)(C)S(=O)(=O)c1ccc([NH+]([O-])O)cc1. The lowest BCUT2D eigenvalue weighted by Gasteiger charge is -2.19. The Balaban J connectivity index is 3.18. The van der Waals surface area contributed by atoms with Crippen LogP contribution in [0, 0.1) is 5.21 Å². The van der Waals surface area contributed by atoms with Gasteiger partial charge in [-0.1, -0.05) is 0 Å². The van der Waals surface area contributed by atoms with Crippen molar-refractivity contribution in [3.05, 3.63) is 29.5 Å². The lowest BCUT2D eigenvalue weighted by Crippen LogP contribution is -2.99. The second-order valence-corrected chi connectivity index (χ2v) is 7.15. The highest BCUT2D eigenvalue weighted by molar-refractivity contribution is 7.92. The molecule has 90 valence electrons. The summed E-state index contributed by atoms with van der Waals surface area (Å²) in [6.45, 7) is 4.81. The van der Waals surface area contributed by atoms with Crippen LogP contribution in [-0.2, 0) is 9.84 Å². The number of hydrogen-bond acceptors (Lipinski definition) is 4. The summed E-state index contributed by atoms with van der Waals surface area (Å²) in [4.78, 5) is 0.144.